The zero-order valence-electron chi connectivity index (χ0n) is 11.2. The van der Waals surface area contributed by atoms with E-state index in [1.165, 1.54) is 0 Å². The van der Waals surface area contributed by atoms with Crippen LogP contribution in [0.25, 0.3) is 0 Å². The summed E-state index contributed by atoms with van der Waals surface area (Å²) < 4.78 is 5.62. The van der Waals surface area contributed by atoms with Gasteiger partial charge >= 0.3 is 0 Å². The normalized spacial score (nSPS) is 16.6. The van der Waals surface area contributed by atoms with Gasteiger partial charge in [0.25, 0.3) is 5.91 Å². The third-order valence-corrected chi connectivity index (χ3v) is 3.29. The fourth-order valence-electron chi connectivity index (χ4n) is 2.32. The molecule has 1 amide bonds. The highest BCUT2D eigenvalue weighted by atomic mass is 16.5. The minimum Gasteiger partial charge on any atom is -0.490 e. The Hall–Kier alpha value is -2.37. The summed E-state index contributed by atoms with van der Waals surface area (Å²) in [5.74, 6) is 0.812. The Morgan fingerprint density at radius 1 is 1.55 bits per heavy atom. The molecular weight excluding hydrogens is 256 g/mol. The molecular formula is C14H16N4O2. The van der Waals surface area contributed by atoms with Crippen molar-refractivity contribution in [2.45, 2.75) is 25.9 Å². The molecule has 104 valence electrons. The lowest BCUT2D eigenvalue weighted by molar-refractivity contribution is 0.0954. The zero-order chi connectivity index (χ0) is 13.9. The lowest BCUT2D eigenvalue weighted by atomic mass is 10.1. The fourth-order valence-corrected chi connectivity index (χ4v) is 2.32. The summed E-state index contributed by atoms with van der Waals surface area (Å²) in [5, 5.41) is 13.1. The number of aromatic amines is 1. The number of amides is 1. The number of rotatable bonds is 4. The van der Waals surface area contributed by atoms with Gasteiger partial charge in [-0.1, -0.05) is 0 Å². The molecule has 1 aliphatic rings. The molecule has 1 unspecified atom stereocenters. The van der Waals surface area contributed by atoms with Crippen LogP contribution in [-0.4, -0.2) is 34.0 Å². The fraction of sp³-hybridized carbons (Fsp3) is 0.357. The van der Waals surface area contributed by atoms with Crippen molar-refractivity contribution in [2.75, 3.05) is 6.54 Å². The van der Waals surface area contributed by atoms with Crippen molar-refractivity contribution in [3.05, 3.63) is 41.2 Å². The molecule has 1 aromatic heterocycles. The maximum Gasteiger partial charge on any atom is 0.251 e. The monoisotopic (exact) mass is 272 g/mol. The molecule has 1 atom stereocenters. The first-order valence-electron chi connectivity index (χ1n) is 6.65. The molecule has 1 aromatic carbocycles. The molecule has 0 saturated heterocycles. The van der Waals surface area contributed by atoms with E-state index < -0.39 is 0 Å². The maximum absolute atomic E-state index is 12.1. The highest BCUT2D eigenvalue weighted by Crippen LogP contribution is 2.29. The van der Waals surface area contributed by atoms with E-state index in [1.54, 1.807) is 12.3 Å². The van der Waals surface area contributed by atoms with E-state index in [2.05, 4.69) is 20.7 Å². The number of benzene rings is 1. The largest absolute Gasteiger partial charge is 0.490 e. The van der Waals surface area contributed by atoms with Crippen LogP contribution in [0.3, 0.4) is 0 Å². The number of carbonyl (C=O) groups is 1. The predicted molar refractivity (Wildman–Crippen MR) is 72.7 cm³/mol. The first-order chi connectivity index (χ1) is 9.72. The van der Waals surface area contributed by atoms with E-state index in [9.17, 15) is 4.79 Å². The van der Waals surface area contributed by atoms with Gasteiger partial charge in [-0.3, -0.25) is 4.79 Å². The van der Waals surface area contributed by atoms with Gasteiger partial charge in [0.1, 0.15) is 11.9 Å². The summed E-state index contributed by atoms with van der Waals surface area (Å²) in [7, 11) is 0. The molecule has 2 N–H and O–H groups in total. The SMILES string of the molecule is CC1Cc2cc(C(=O)NCCc3cn[nH]n3)ccc2O1. The molecule has 1 aliphatic heterocycles. The van der Waals surface area contributed by atoms with Crippen LogP contribution in [0.1, 0.15) is 28.5 Å². The van der Waals surface area contributed by atoms with Gasteiger partial charge < -0.3 is 10.1 Å². The molecule has 3 rings (SSSR count). The lowest BCUT2D eigenvalue weighted by Crippen LogP contribution is -2.25. The van der Waals surface area contributed by atoms with Crippen molar-refractivity contribution < 1.29 is 9.53 Å². The van der Waals surface area contributed by atoms with Crippen LogP contribution in [0.5, 0.6) is 5.75 Å². The van der Waals surface area contributed by atoms with Crippen LogP contribution >= 0.6 is 0 Å². The van der Waals surface area contributed by atoms with Crippen LogP contribution in [0, 0.1) is 0 Å². The van der Waals surface area contributed by atoms with Crippen molar-refractivity contribution in [3.63, 3.8) is 0 Å². The second-order valence-electron chi connectivity index (χ2n) is 4.92. The molecule has 6 heteroatoms. The number of nitrogens with zero attached hydrogens (tertiary/aromatic N) is 2. The minimum absolute atomic E-state index is 0.0733. The summed E-state index contributed by atoms with van der Waals surface area (Å²) >= 11 is 0. The average molecular weight is 272 g/mol. The van der Waals surface area contributed by atoms with Gasteiger partial charge in [-0.25, -0.2) is 0 Å². The third kappa shape index (κ3) is 2.64. The van der Waals surface area contributed by atoms with Crippen LogP contribution in [0.2, 0.25) is 0 Å². The van der Waals surface area contributed by atoms with Crippen molar-refractivity contribution in [3.8, 4) is 5.75 Å². The Morgan fingerprint density at radius 2 is 2.45 bits per heavy atom. The molecule has 0 aliphatic carbocycles. The smallest absolute Gasteiger partial charge is 0.251 e. The Balaban J connectivity index is 1.59. The predicted octanol–water partition coefficient (Wildman–Crippen LogP) is 1.10. The second kappa shape index (κ2) is 5.32. The number of nitrogens with one attached hydrogen (secondary N) is 2. The molecule has 0 bridgehead atoms. The molecule has 0 fully saturated rings. The Morgan fingerprint density at radius 3 is 3.25 bits per heavy atom. The quantitative estimate of drug-likeness (QED) is 0.873. The Labute approximate surface area is 116 Å². The van der Waals surface area contributed by atoms with Crippen LogP contribution in [0.15, 0.2) is 24.4 Å². The minimum atomic E-state index is -0.0733. The van der Waals surface area contributed by atoms with Crippen LogP contribution in [-0.2, 0) is 12.8 Å². The van der Waals surface area contributed by atoms with Crippen LogP contribution in [0.4, 0.5) is 0 Å². The van der Waals surface area contributed by atoms with E-state index >= 15 is 0 Å². The number of H-pyrrole nitrogens is 1. The number of aromatic nitrogens is 3. The molecule has 0 radical (unpaired) electrons. The van der Waals surface area contributed by atoms with Gasteiger partial charge in [0.05, 0.1) is 11.9 Å². The molecule has 0 spiro atoms. The molecule has 2 heterocycles. The maximum atomic E-state index is 12.1. The molecule has 20 heavy (non-hydrogen) atoms. The summed E-state index contributed by atoms with van der Waals surface area (Å²) in [6, 6.07) is 5.57. The number of hydrogen-bond donors (Lipinski definition) is 2. The number of fused-ring (bicyclic) bond motifs is 1. The first-order valence-corrected chi connectivity index (χ1v) is 6.65. The average Bonchev–Trinajstić information content (AvgIpc) is 3.05. The van der Waals surface area contributed by atoms with Gasteiger partial charge in [-0.15, -0.1) is 0 Å². The highest BCUT2D eigenvalue weighted by molar-refractivity contribution is 5.94. The second-order valence-corrected chi connectivity index (χ2v) is 4.92. The highest BCUT2D eigenvalue weighted by Gasteiger charge is 2.20. The molecule has 6 nitrogen and oxygen atoms in total. The van der Waals surface area contributed by atoms with Crippen molar-refractivity contribution >= 4 is 5.91 Å². The topological polar surface area (TPSA) is 79.9 Å². The third-order valence-electron chi connectivity index (χ3n) is 3.29. The first kappa shape index (κ1) is 12.7. The number of ether oxygens (including phenoxy) is 1. The summed E-state index contributed by atoms with van der Waals surface area (Å²) in [5.41, 5.74) is 2.60. The van der Waals surface area contributed by atoms with Crippen molar-refractivity contribution in [1.29, 1.82) is 0 Å². The summed E-state index contributed by atoms with van der Waals surface area (Å²) in [6.07, 6.45) is 3.36. The van der Waals surface area contributed by atoms with E-state index in [4.69, 9.17) is 4.74 Å². The Bertz CT molecular complexity index is 610. The zero-order valence-corrected chi connectivity index (χ0v) is 11.2. The summed E-state index contributed by atoms with van der Waals surface area (Å²) in [4.78, 5) is 12.1. The Kier molecular flexibility index (Phi) is 3.37. The molecule has 0 saturated carbocycles. The van der Waals surface area contributed by atoms with E-state index in [1.807, 2.05) is 19.1 Å². The van der Waals surface area contributed by atoms with Gasteiger partial charge in [-0.2, -0.15) is 15.4 Å². The number of carbonyl (C=O) groups excluding carboxylic acids is 1. The van der Waals surface area contributed by atoms with Gasteiger partial charge in [-0.05, 0) is 30.7 Å². The van der Waals surface area contributed by atoms with E-state index in [0.717, 1.165) is 23.4 Å². The number of hydrogen-bond acceptors (Lipinski definition) is 4. The molecule has 2 aromatic rings. The van der Waals surface area contributed by atoms with Crippen molar-refractivity contribution in [2.24, 2.45) is 0 Å². The lowest BCUT2D eigenvalue weighted by Gasteiger charge is -2.05. The van der Waals surface area contributed by atoms with Gasteiger partial charge in [0.15, 0.2) is 0 Å². The van der Waals surface area contributed by atoms with Crippen LogP contribution < -0.4 is 10.1 Å². The van der Waals surface area contributed by atoms with Gasteiger partial charge in [0, 0.05) is 24.9 Å². The van der Waals surface area contributed by atoms with E-state index in [0.29, 0.717) is 18.5 Å². The summed E-state index contributed by atoms with van der Waals surface area (Å²) in [6.45, 7) is 2.56. The van der Waals surface area contributed by atoms with E-state index in [-0.39, 0.29) is 12.0 Å². The van der Waals surface area contributed by atoms with Gasteiger partial charge in [0.2, 0.25) is 0 Å². The van der Waals surface area contributed by atoms with Crippen molar-refractivity contribution in [1.82, 2.24) is 20.7 Å². The standard InChI is InChI=1S/C14H16N4O2/c1-9-6-11-7-10(2-3-13(11)20-9)14(19)15-5-4-12-8-16-18-17-12/h2-3,7-9H,4-6H2,1H3,(H,15,19)(H,16,17,18).